The summed E-state index contributed by atoms with van der Waals surface area (Å²) < 4.78 is 0. The standard InChI is InChI=1S/C14H21N3O6S/c18-6-2-5-11(19)17(23)9(13(20)21)3-1-4-10-12-8(7-24-10)15-14(22)16-12/h6,8-10,12,23H,1-5,7H2,(H,20,21)(H2,15,16,22)/t8-,9?,10-,12-/m0/s1. The van der Waals surface area contributed by atoms with E-state index in [4.69, 9.17) is 0 Å². The van der Waals surface area contributed by atoms with E-state index in [0.717, 1.165) is 5.75 Å². The molecule has 3 amide bonds. The molecule has 9 nitrogen and oxygen atoms in total. The Morgan fingerprint density at radius 1 is 1.42 bits per heavy atom. The molecule has 2 fully saturated rings. The molecular formula is C14H21N3O6S. The average Bonchev–Trinajstić information content (AvgIpc) is 3.07. The van der Waals surface area contributed by atoms with Crippen LogP contribution in [0.4, 0.5) is 4.79 Å². The minimum absolute atomic E-state index is 0.0326. The van der Waals surface area contributed by atoms with Crippen LogP contribution >= 0.6 is 11.8 Å². The molecule has 0 radical (unpaired) electrons. The number of nitrogens with one attached hydrogen (secondary N) is 2. The fourth-order valence-electron chi connectivity index (χ4n) is 2.98. The van der Waals surface area contributed by atoms with Crippen molar-refractivity contribution in [3.8, 4) is 0 Å². The van der Waals surface area contributed by atoms with Crippen molar-refractivity contribution in [3.05, 3.63) is 0 Å². The number of amides is 3. The van der Waals surface area contributed by atoms with Crippen LogP contribution in [0.25, 0.3) is 0 Å². The molecule has 0 aromatic carbocycles. The lowest BCUT2D eigenvalue weighted by Gasteiger charge is -2.23. The van der Waals surface area contributed by atoms with Gasteiger partial charge < -0.3 is 20.5 Å². The highest BCUT2D eigenvalue weighted by molar-refractivity contribution is 8.00. The van der Waals surface area contributed by atoms with E-state index in [2.05, 4.69) is 10.6 Å². The van der Waals surface area contributed by atoms with Crippen LogP contribution in [0.3, 0.4) is 0 Å². The fourth-order valence-corrected chi connectivity index (χ4v) is 4.52. The van der Waals surface area contributed by atoms with Crippen LogP contribution in [0.2, 0.25) is 0 Å². The number of carbonyl (C=O) groups is 4. The number of aldehydes is 1. The Kier molecular flexibility index (Phi) is 6.44. The number of carbonyl (C=O) groups excluding carboxylic acids is 3. The molecule has 2 heterocycles. The zero-order chi connectivity index (χ0) is 17.7. The molecule has 10 heteroatoms. The lowest BCUT2D eigenvalue weighted by Crippen LogP contribution is -2.43. The number of nitrogens with zero attached hydrogens (tertiary/aromatic N) is 1. The van der Waals surface area contributed by atoms with Gasteiger partial charge in [-0.05, 0) is 19.3 Å². The first kappa shape index (κ1) is 18.5. The smallest absolute Gasteiger partial charge is 0.329 e. The van der Waals surface area contributed by atoms with E-state index in [-0.39, 0.29) is 47.7 Å². The van der Waals surface area contributed by atoms with Gasteiger partial charge in [-0.1, -0.05) is 0 Å². The highest BCUT2D eigenvalue weighted by Crippen LogP contribution is 2.33. The highest BCUT2D eigenvalue weighted by Gasteiger charge is 2.42. The van der Waals surface area contributed by atoms with E-state index in [1.165, 1.54) is 0 Å². The number of fused-ring (bicyclic) bond motifs is 1. The number of carboxylic acid groups (broad SMARTS) is 1. The van der Waals surface area contributed by atoms with Gasteiger partial charge in [-0.15, -0.1) is 0 Å². The lowest BCUT2D eigenvalue weighted by molar-refractivity contribution is -0.186. The van der Waals surface area contributed by atoms with Gasteiger partial charge in [0.25, 0.3) is 0 Å². The van der Waals surface area contributed by atoms with Crippen LogP contribution in [-0.2, 0) is 14.4 Å². The van der Waals surface area contributed by atoms with Gasteiger partial charge in [0.15, 0.2) is 6.04 Å². The van der Waals surface area contributed by atoms with Crippen LogP contribution < -0.4 is 10.6 Å². The van der Waals surface area contributed by atoms with Gasteiger partial charge in [-0.3, -0.25) is 10.0 Å². The van der Waals surface area contributed by atoms with Gasteiger partial charge in [0.05, 0.1) is 12.1 Å². The van der Waals surface area contributed by atoms with Gasteiger partial charge in [-0.2, -0.15) is 11.8 Å². The Bertz CT molecular complexity index is 517. The monoisotopic (exact) mass is 359 g/mol. The second kappa shape index (κ2) is 8.34. The Hall–Kier alpha value is -1.81. The van der Waals surface area contributed by atoms with Crippen LogP contribution in [0.1, 0.15) is 32.1 Å². The van der Waals surface area contributed by atoms with Gasteiger partial charge >= 0.3 is 12.0 Å². The Labute approximate surface area is 143 Å². The molecule has 134 valence electrons. The molecule has 2 aliphatic heterocycles. The van der Waals surface area contributed by atoms with E-state index in [1.807, 2.05) is 0 Å². The number of hydroxylamine groups is 2. The molecule has 0 bridgehead atoms. The number of hydrogen-bond acceptors (Lipinski definition) is 6. The van der Waals surface area contributed by atoms with Crippen LogP contribution in [0.15, 0.2) is 0 Å². The third-order valence-corrected chi connectivity index (χ3v) is 5.72. The summed E-state index contributed by atoms with van der Waals surface area (Å²) in [7, 11) is 0. The maximum Gasteiger partial charge on any atom is 0.329 e. The van der Waals surface area contributed by atoms with Crippen molar-refractivity contribution in [1.82, 2.24) is 15.7 Å². The first-order valence-corrected chi connectivity index (χ1v) is 8.85. The summed E-state index contributed by atoms with van der Waals surface area (Å²) >= 11 is 1.72. The number of carboxylic acids is 1. The van der Waals surface area contributed by atoms with Crippen LogP contribution in [0, 0.1) is 0 Å². The average molecular weight is 359 g/mol. The van der Waals surface area contributed by atoms with Gasteiger partial charge in [0.1, 0.15) is 6.29 Å². The number of aliphatic carboxylic acids is 1. The third kappa shape index (κ3) is 4.38. The molecule has 0 aromatic heterocycles. The molecule has 2 aliphatic rings. The van der Waals surface area contributed by atoms with E-state index in [9.17, 15) is 29.5 Å². The summed E-state index contributed by atoms with van der Waals surface area (Å²) in [5, 5.41) is 25.1. The summed E-state index contributed by atoms with van der Waals surface area (Å²) in [5.74, 6) is -1.26. The van der Waals surface area contributed by atoms with Crippen molar-refractivity contribution < 1.29 is 29.5 Å². The quantitative estimate of drug-likeness (QED) is 0.196. The molecule has 0 aliphatic carbocycles. The Morgan fingerprint density at radius 3 is 2.83 bits per heavy atom. The fraction of sp³-hybridized carbons (Fsp3) is 0.714. The first-order valence-electron chi connectivity index (χ1n) is 7.80. The van der Waals surface area contributed by atoms with Crippen molar-refractivity contribution in [3.63, 3.8) is 0 Å². The molecule has 24 heavy (non-hydrogen) atoms. The number of urea groups is 1. The summed E-state index contributed by atoms with van der Waals surface area (Å²) in [5.41, 5.74) is 0. The van der Waals surface area contributed by atoms with Gasteiger partial charge in [0.2, 0.25) is 5.91 Å². The molecular weight excluding hydrogens is 338 g/mol. The maximum atomic E-state index is 11.6. The molecule has 0 saturated carbocycles. The van der Waals surface area contributed by atoms with Crippen molar-refractivity contribution in [2.45, 2.75) is 55.5 Å². The first-order chi connectivity index (χ1) is 11.4. The van der Waals surface area contributed by atoms with E-state index in [1.54, 1.807) is 11.8 Å². The van der Waals surface area contributed by atoms with Crippen molar-refractivity contribution in [2.75, 3.05) is 5.75 Å². The zero-order valence-corrected chi connectivity index (χ0v) is 13.8. The molecule has 4 N–H and O–H groups in total. The molecule has 4 atom stereocenters. The van der Waals surface area contributed by atoms with Crippen molar-refractivity contribution in [1.29, 1.82) is 0 Å². The Balaban J connectivity index is 1.81. The van der Waals surface area contributed by atoms with E-state index < -0.39 is 17.9 Å². The minimum Gasteiger partial charge on any atom is -0.480 e. The molecule has 0 aromatic rings. The van der Waals surface area contributed by atoms with E-state index in [0.29, 0.717) is 19.1 Å². The number of thioether (sulfide) groups is 1. The SMILES string of the molecule is O=CCCC(=O)N(O)C(CCC[C@@H]1SC[C@@H]2NC(=O)N[C@@H]21)C(=O)O. The molecule has 2 saturated heterocycles. The minimum atomic E-state index is -1.33. The predicted molar refractivity (Wildman–Crippen MR) is 84.7 cm³/mol. The largest absolute Gasteiger partial charge is 0.480 e. The van der Waals surface area contributed by atoms with Crippen LogP contribution in [0.5, 0.6) is 0 Å². The second-order valence-electron chi connectivity index (χ2n) is 5.85. The molecule has 1 unspecified atom stereocenters. The summed E-state index contributed by atoms with van der Waals surface area (Å²) in [4.78, 5) is 44.5. The van der Waals surface area contributed by atoms with Crippen molar-refractivity contribution >= 4 is 36.0 Å². The normalized spacial score (nSPS) is 26.2. The topological polar surface area (TPSA) is 136 Å². The molecule has 0 spiro atoms. The number of hydrogen-bond donors (Lipinski definition) is 4. The van der Waals surface area contributed by atoms with Crippen LogP contribution in [-0.4, -0.2) is 68.7 Å². The summed E-state index contributed by atoms with van der Waals surface area (Å²) in [6.45, 7) is 0. The second-order valence-corrected chi connectivity index (χ2v) is 7.12. The maximum absolute atomic E-state index is 11.6. The summed E-state index contributed by atoms with van der Waals surface area (Å²) in [6, 6.07) is -1.38. The molecule has 2 rings (SSSR count). The van der Waals surface area contributed by atoms with E-state index >= 15 is 0 Å². The van der Waals surface area contributed by atoms with Gasteiger partial charge in [0, 0.05) is 23.8 Å². The zero-order valence-electron chi connectivity index (χ0n) is 13.0. The van der Waals surface area contributed by atoms with Gasteiger partial charge in [-0.25, -0.2) is 14.7 Å². The number of rotatable bonds is 9. The third-order valence-electron chi connectivity index (χ3n) is 4.22. The lowest BCUT2D eigenvalue weighted by atomic mass is 10.0. The highest BCUT2D eigenvalue weighted by atomic mass is 32.2. The predicted octanol–water partition coefficient (Wildman–Crippen LogP) is -0.0278. The summed E-state index contributed by atoms with van der Waals surface area (Å²) in [6.07, 6.45) is 1.54. The Morgan fingerprint density at radius 2 is 2.17 bits per heavy atom. The van der Waals surface area contributed by atoms with Crippen molar-refractivity contribution in [2.24, 2.45) is 0 Å².